The summed E-state index contributed by atoms with van der Waals surface area (Å²) >= 11 is 5.91. The molecule has 2 aliphatic rings. The van der Waals surface area contributed by atoms with E-state index >= 15 is 0 Å². The molecule has 0 fully saturated rings. The fourth-order valence-corrected chi connectivity index (χ4v) is 3.62. The summed E-state index contributed by atoms with van der Waals surface area (Å²) < 4.78 is 40.9. The standard InChI is InChI=1S/C17H13ClF3N6O/c1-9-15-12(27(25-24-15)13-5-7-22-23-13)6-8-26(9)16(28)10-3-2-4-11(14(10)18)17(19,20)21/h2-5,7,9H,6,8H2,1H3/q+1. The van der Waals surface area contributed by atoms with Gasteiger partial charge in [-0.2, -0.15) is 13.2 Å². The van der Waals surface area contributed by atoms with Crippen molar-refractivity contribution in [2.24, 2.45) is 5.11 Å². The van der Waals surface area contributed by atoms with Crippen molar-refractivity contribution in [2.45, 2.75) is 25.6 Å². The number of aromatic nitrogens is 3. The molecule has 0 saturated carbocycles. The first kappa shape index (κ1) is 18.4. The summed E-state index contributed by atoms with van der Waals surface area (Å²) in [5.74, 6) is -0.0708. The minimum Gasteiger partial charge on any atom is -0.330 e. The van der Waals surface area contributed by atoms with Crippen molar-refractivity contribution in [1.29, 1.82) is 0 Å². The first-order chi connectivity index (χ1) is 13.3. The van der Waals surface area contributed by atoms with Gasteiger partial charge in [-0.05, 0) is 19.1 Å². The maximum absolute atomic E-state index is 13.1. The zero-order valence-corrected chi connectivity index (χ0v) is 15.2. The Morgan fingerprint density at radius 3 is 2.82 bits per heavy atom. The predicted molar refractivity (Wildman–Crippen MR) is 91.9 cm³/mol. The summed E-state index contributed by atoms with van der Waals surface area (Å²) in [6, 6.07) is 2.83. The van der Waals surface area contributed by atoms with Crippen molar-refractivity contribution in [2.75, 3.05) is 6.54 Å². The van der Waals surface area contributed by atoms with Crippen LogP contribution in [0.3, 0.4) is 0 Å². The summed E-state index contributed by atoms with van der Waals surface area (Å²) in [7, 11) is 0. The van der Waals surface area contributed by atoms with Crippen LogP contribution in [0.1, 0.15) is 40.3 Å². The zero-order valence-electron chi connectivity index (χ0n) is 14.5. The van der Waals surface area contributed by atoms with Gasteiger partial charge in [0, 0.05) is 23.3 Å². The van der Waals surface area contributed by atoms with Gasteiger partial charge in [0.1, 0.15) is 5.69 Å². The molecule has 28 heavy (non-hydrogen) atoms. The Morgan fingerprint density at radius 1 is 1.36 bits per heavy atom. The number of carbonyl (C=O) groups is 1. The van der Waals surface area contributed by atoms with Crippen molar-refractivity contribution in [3.8, 4) is 0 Å². The molecule has 0 spiro atoms. The highest BCUT2D eigenvalue weighted by molar-refractivity contribution is 6.34. The molecule has 0 aliphatic carbocycles. The third-order valence-corrected chi connectivity index (χ3v) is 5.12. The van der Waals surface area contributed by atoms with E-state index in [2.05, 4.69) is 20.2 Å². The van der Waals surface area contributed by atoms with Crippen LogP contribution in [0, 0.1) is 0 Å². The van der Waals surface area contributed by atoms with E-state index in [0.717, 1.165) is 11.8 Å². The molecule has 2 aliphatic heterocycles. The highest BCUT2D eigenvalue weighted by Gasteiger charge is 2.39. The third-order valence-electron chi connectivity index (χ3n) is 4.71. The topological polar surface area (TPSA) is 77.5 Å². The quantitative estimate of drug-likeness (QED) is 0.679. The molecule has 1 aromatic carbocycles. The summed E-state index contributed by atoms with van der Waals surface area (Å²) in [4.78, 5) is 18.3. The van der Waals surface area contributed by atoms with E-state index in [4.69, 9.17) is 11.6 Å². The Hall–Kier alpha value is -2.97. The zero-order chi connectivity index (χ0) is 20.1. The molecular weight excluding hydrogens is 397 g/mol. The van der Waals surface area contributed by atoms with Gasteiger partial charge in [0.2, 0.25) is 0 Å². The molecule has 4 rings (SSSR count). The Kier molecular flexibility index (Phi) is 4.32. The van der Waals surface area contributed by atoms with Crippen LogP contribution in [-0.4, -0.2) is 43.0 Å². The van der Waals surface area contributed by atoms with E-state index in [9.17, 15) is 18.0 Å². The van der Waals surface area contributed by atoms with Crippen LogP contribution in [0.15, 0.2) is 35.6 Å². The molecule has 144 valence electrons. The SMILES string of the molecule is CC1c2nnn(C3=[N+]=NC=C3)c2CCN1C(=O)c1cccc(C(F)(F)F)c1Cl. The number of hydrogen-bond acceptors (Lipinski definition) is 4. The molecule has 3 heterocycles. The van der Waals surface area contributed by atoms with Gasteiger partial charge in [-0.1, -0.05) is 27.1 Å². The lowest BCUT2D eigenvalue weighted by molar-refractivity contribution is -0.137. The van der Waals surface area contributed by atoms with Gasteiger partial charge in [0.05, 0.1) is 34.5 Å². The number of halogens is 4. The smallest absolute Gasteiger partial charge is 0.330 e. The van der Waals surface area contributed by atoms with Crippen LogP contribution in [0.5, 0.6) is 0 Å². The number of benzene rings is 1. The Morgan fingerprint density at radius 2 is 2.14 bits per heavy atom. The van der Waals surface area contributed by atoms with E-state index in [-0.39, 0.29) is 12.1 Å². The predicted octanol–water partition coefficient (Wildman–Crippen LogP) is 3.14. The van der Waals surface area contributed by atoms with Crippen LogP contribution in [0.25, 0.3) is 0 Å². The molecule has 7 nitrogen and oxygen atoms in total. The van der Waals surface area contributed by atoms with Gasteiger partial charge in [0.25, 0.3) is 5.91 Å². The first-order valence-electron chi connectivity index (χ1n) is 8.35. The monoisotopic (exact) mass is 409 g/mol. The largest absolute Gasteiger partial charge is 0.434 e. The molecule has 0 radical (unpaired) electrons. The van der Waals surface area contributed by atoms with Gasteiger partial charge in [-0.3, -0.25) is 4.79 Å². The van der Waals surface area contributed by atoms with E-state index in [0.29, 0.717) is 18.0 Å². The van der Waals surface area contributed by atoms with Gasteiger partial charge >= 0.3 is 12.0 Å². The lowest BCUT2D eigenvalue weighted by Gasteiger charge is -2.31. The van der Waals surface area contributed by atoms with Gasteiger partial charge in [0.15, 0.2) is 5.69 Å². The van der Waals surface area contributed by atoms with Crippen molar-refractivity contribution >= 4 is 23.3 Å². The number of alkyl halides is 3. The molecule has 11 heteroatoms. The molecule has 1 amide bonds. The van der Waals surface area contributed by atoms with Crippen LogP contribution in [0.4, 0.5) is 13.2 Å². The molecule has 2 aromatic rings. The number of amides is 1. The normalized spacial score (nSPS) is 18.4. The Labute approximate surface area is 161 Å². The third kappa shape index (κ3) is 2.90. The molecule has 0 bridgehead atoms. The lowest BCUT2D eigenvalue weighted by Crippen LogP contribution is -2.40. The maximum Gasteiger partial charge on any atom is 0.434 e. The van der Waals surface area contributed by atoms with Gasteiger partial charge in [-0.15, -0.1) is 5.10 Å². The molecule has 1 unspecified atom stereocenters. The fourth-order valence-electron chi connectivity index (χ4n) is 3.31. The minimum absolute atomic E-state index is 0.193. The van der Waals surface area contributed by atoms with Crippen LogP contribution in [-0.2, 0) is 12.6 Å². The molecule has 0 saturated heterocycles. The van der Waals surface area contributed by atoms with E-state index in [1.165, 1.54) is 23.2 Å². The number of nitrogens with zero attached hydrogens (tertiary/aromatic N) is 6. The number of hydrogen-bond donors (Lipinski definition) is 0. The van der Waals surface area contributed by atoms with Crippen LogP contribution in [0.2, 0.25) is 5.02 Å². The van der Waals surface area contributed by atoms with E-state index in [1.807, 2.05) is 0 Å². The fraction of sp³-hybridized carbons (Fsp3) is 0.294. The van der Waals surface area contributed by atoms with Crippen LogP contribution < -0.4 is 0 Å². The average molecular weight is 410 g/mol. The minimum atomic E-state index is -4.64. The molecular formula is C17H13ClF3N6O+. The highest BCUT2D eigenvalue weighted by atomic mass is 35.5. The summed E-state index contributed by atoms with van der Waals surface area (Å²) in [5.41, 5.74) is 0.116. The van der Waals surface area contributed by atoms with E-state index < -0.39 is 28.7 Å². The second-order valence-electron chi connectivity index (χ2n) is 6.31. The number of rotatable bonds is 1. The molecule has 0 N–H and O–H groups in total. The van der Waals surface area contributed by atoms with Crippen LogP contribution >= 0.6 is 11.6 Å². The van der Waals surface area contributed by atoms with Gasteiger partial charge in [-0.25, -0.2) is 0 Å². The first-order valence-corrected chi connectivity index (χ1v) is 8.72. The highest BCUT2D eigenvalue weighted by Crippen LogP contribution is 2.37. The average Bonchev–Trinajstić information content (AvgIpc) is 3.30. The van der Waals surface area contributed by atoms with Crippen molar-refractivity contribution in [3.05, 3.63) is 58.0 Å². The summed E-state index contributed by atoms with van der Waals surface area (Å²) in [5, 5.41) is 11.4. The Balaban J connectivity index is 1.67. The molecule has 1 aromatic heterocycles. The number of allylic oxidation sites excluding steroid dienone is 1. The lowest BCUT2D eigenvalue weighted by atomic mass is 10.0. The van der Waals surface area contributed by atoms with E-state index in [1.54, 1.807) is 17.7 Å². The maximum atomic E-state index is 13.1. The second kappa shape index (κ2) is 6.57. The van der Waals surface area contributed by atoms with Crippen molar-refractivity contribution in [1.82, 2.24) is 19.9 Å². The summed E-state index contributed by atoms with van der Waals surface area (Å²) in [6.45, 7) is 2.02. The van der Waals surface area contributed by atoms with Gasteiger partial charge < -0.3 is 4.90 Å². The van der Waals surface area contributed by atoms with Crippen molar-refractivity contribution < 1.29 is 22.8 Å². The molecule has 1 atom stereocenters. The Bertz CT molecular complexity index is 1070. The number of carbonyl (C=O) groups excluding carboxylic acids is 1. The second-order valence-corrected chi connectivity index (χ2v) is 6.69. The number of fused-ring (bicyclic) bond motifs is 1. The van der Waals surface area contributed by atoms with Crippen molar-refractivity contribution in [3.63, 3.8) is 0 Å². The summed E-state index contributed by atoms with van der Waals surface area (Å²) in [6.07, 6.45) is -1.01.